The van der Waals surface area contributed by atoms with E-state index in [0.717, 1.165) is 0 Å². The predicted molar refractivity (Wildman–Crippen MR) is 104 cm³/mol. The average molecular weight is 408 g/mol. The molecule has 27 heavy (non-hydrogen) atoms. The van der Waals surface area contributed by atoms with Gasteiger partial charge in [-0.15, -0.1) is 0 Å². The van der Waals surface area contributed by atoms with Crippen LogP contribution < -0.4 is 4.74 Å². The third-order valence-corrected chi connectivity index (χ3v) is 5.35. The molecule has 0 radical (unpaired) electrons. The van der Waals surface area contributed by atoms with Crippen LogP contribution in [0.4, 0.5) is 4.79 Å². The highest BCUT2D eigenvalue weighted by molar-refractivity contribution is 6.44. The minimum absolute atomic E-state index is 0.0745. The zero-order valence-electron chi connectivity index (χ0n) is 15.5. The van der Waals surface area contributed by atoms with E-state index in [2.05, 4.69) is 9.72 Å². The summed E-state index contributed by atoms with van der Waals surface area (Å²) in [6, 6.07) is 5.12. The van der Waals surface area contributed by atoms with Crippen LogP contribution in [-0.4, -0.2) is 24.0 Å². The van der Waals surface area contributed by atoms with E-state index in [0.29, 0.717) is 45.9 Å². The number of carbonyl (C=O) groups excluding carboxylic acids is 2. The molecule has 0 bridgehead atoms. The Morgan fingerprint density at radius 1 is 1.19 bits per heavy atom. The fraction of sp³-hybridized carbons (Fsp3) is 0.350. The minimum Gasteiger partial charge on any atom is -0.437 e. The van der Waals surface area contributed by atoms with Gasteiger partial charge in [-0.3, -0.25) is 9.78 Å². The molecule has 2 aromatic rings. The molecule has 5 nitrogen and oxygen atoms in total. The van der Waals surface area contributed by atoms with Crippen molar-refractivity contribution in [2.75, 3.05) is 7.11 Å². The maximum atomic E-state index is 13.0. The topological polar surface area (TPSA) is 65.5 Å². The molecule has 1 aliphatic carbocycles. The lowest BCUT2D eigenvalue weighted by Gasteiger charge is -2.31. The molecule has 0 spiro atoms. The summed E-state index contributed by atoms with van der Waals surface area (Å²) in [4.78, 5) is 29.4. The van der Waals surface area contributed by atoms with Crippen LogP contribution in [0.1, 0.15) is 42.0 Å². The fourth-order valence-electron chi connectivity index (χ4n) is 3.42. The van der Waals surface area contributed by atoms with Gasteiger partial charge < -0.3 is 9.47 Å². The molecule has 1 aromatic carbocycles. The van der Waals surface area contributed by atoms with Crippen LogP contribution in [0.5, 0.6) is 5.75 Å². The number of halogens is 2. The number of benzene rings is 1. The van der Waals surface area contributed by atoms with Gasteiger partial charge in [0, 0.05) is 17.5 Å². The Balaban J connectivity index is 2.37. The van der Waals surface area contributed by atoms with E-state index in [1.807, 2.05) is 13.8 Å². The standard InChI is InChI=1S/C20H19Cl2NO4/c1-10-18(27-19(25)26-4)15(11-6-5-7-12(21)17(11)22)16-13(23-10)8-20(2,3)9-14(16)24/h5-7H,8-9H2,1-4H3. The van der Waals surface area contributed by atoms with Crippen molar-refractivity contribution in [3.63, 3.8) is 0 Å². The molecule has 0 saturated heterocycles. The molecule has 0 aliphatic heterocycles. The van der Waals surface area contributed by atoms with Crippen LogP contribution in [-0.2, 0) is 11.2 Å². The van der Waals surface area contributed by atoms with Crippen LogP contribution in [0.3, 0.4) is 0 Å². The fourth-order valence-corrected chi connectivity index (χ4v) is 3.81. The van der Waals surface area contributed by atoms with Gasteiger partial charge >= 0.3 is 6.16 Å². The average Bonchev–Trinajstić information content (AvgIpc) is 2.57. The summed E-state index contributed by atoms with van der Waals surface area (Å²) in [6.07, 6.45) is 0.0782. The van der Waals surface area contributed by atoms with Crippen molar-refractivity contribution >= 4 is 35.1 Å². The van der Waals surface area contributed by atoms with Gasteiger partial charge in [-0.05, 0) is 24.8 Å². The monoisotopic (exact) mass is 407 g/mol. The number of pyridine rings is 1. The van der Waals surface area contributed by atoms with Gasteiger partial charge in [0.2, 0.25) is 0 Å². The first-order valence-electron chi connectivity index (χ1n) is 8.41. The smallest absolute Gasteiger partial charge is 0.437 e. The summed E-state index contributed by atoms with van der Waals surface area (Å²) in [7, 11) is 1.21. The number of fused-ring (bicyclic) bond motifs is 1. The van der Waals surface area contributed by atoms with Crippen molar-refractivity contribution in [1.29, 1.82) is 0 Å². The van der Waals surface area contributed by atoms with Gasteiger partial charge in [0.1, 0.15) is 0 Å². The predicted octanol–water partition coefficient (Wildman–Crippen LogP) is 5.66. The molecule has 0 fully saturated rings. The second kappa shape index (κ2) is 7.13. The third kappa shape index (κ3) is 3.66. The maximum absolute atomic E-state index is 13.0. The number of carbonyl (C=O) groups is 2. The second-order valence-electron chi connectivity index (χ2n) is 7.32. The van der Waals surface area contributed by atoms with Gasteiger partial charge in [-0.1, -0.05) is 49.2 Å². The minimum atomic E-state index is -0.900. The first kappa shape index (κ1) is 19.6. The van der Waals surface area contributed by atoms with Gasteiger partial charge in [0.25, 0.3) is 0 Å². The number of hydrogen-bond donors (Lipinski definition) is 0. The maximum Gasteiger partial charge on any atom is 0.513 e. The highest BCUT2D eigenvalue weighted by Gasteiger charge is 2.37. The third-order valence-electron chi connectivity index (χ3n) is 4.53. The van der Waals surface area contributed by atoms with E-state index < -0.39 is 6.16 Å². The quantitative estimate of drug-likeness (QED) is 0.600. The molecule has 0 saturated carbocycles. The van der Waals surface area contributed by atoms with E-state index in [9.17, 15) is 9.59 Å². The molecule has 1 heterocycles. The Morgan fingerprint density at radius 2 is 1.89 bits per heavy atom. The molecule has 0 amide bonds. The van der Waals surface area contributed by atoms with Crippen LogP contribution in [0.2, 0.25) is 10.0 Å². The number of ketones is 1. The normalized spacial score (nSPS) is 15.3. The Kier molecular flexibility index (Phi) is 5.19. The summed E-state index contributed by atoms with van der Waals surface area (Å²) in [6.45, 7) is 5.76. The van der Waals surface area contributed by atoms with E-state index in [1.165, 1.54) is 7.11 Å². The highest BCUT2D eigenvalue weighted by atomic mass is 35.5. The lowest BCUT2D eigenvalue weighted by atomic mass is 9.73. The van der Waals surface area contributed by atoms with E-state index in [1.54, 1.807) is 25.1 Å². The van der Waals surface area contributed by atoms with Gasteiger partial charge in [-0.25, -0.2) is 4.79 Å². The van der Waals surface area contributed by atoms with E-state index in [-0.39, 0.29) is 22.0 Å². The van der Waals surface area contributed by atoms with Crippen LogP contribution >= 0.6 is 23.2 Å². The molecule has 7 heteroatoms. The number of ether oxygens (including phenoxy) is 2. The van der Waals surface area contributed by atoms with Crippen molar-refractivity contribution < 1.29 is 19.1 Å². The molecular weight excluding hydrogens is 389 g/mol. The molecule has 0 N–H and O–H groups in total. The van der Waals surface area contributed by atoms with Gasteiger partial charge in [0.05, 0.1) is 34.1 Å². The van der Waals surface area contributed by atoms with Gasteiger partial charge in [-0.2, -0.15) is 0 Å². The Morgan fingerprint density at radius 3 is 2.56 bits per heavy atom. The second-order valence-corrected chi connectivity index (χ2v) is 8.11. The zero-order chi connectivity index (χ0) is 19.9. The number of nitrogens with zero attached hydrogens (tertiary/aromatic N) is 1. The van der Waals surface area contributed by atoms with Crippen molar-refractivity contribution in [3.05, 3.63) is 45.2 Å². The molecule has 142 valence electrons. The number of aromatic nitrogens is 1. The first-order valence-corrected chi connectivity index (χ1v) is 9.17. The van der Waals surface area contributed by atoms with Crippen LogP contribution in [0.25, 0.3) is 11.1 Å². The molecule has 0 unspecified atom stereocenters. The Labute approximate surface area is 167 Å². The summed E-state index contributed by atoms with van der Waals surface area (Å²) in [5.41, 5.74) is 2.29. The summed E-state index contributed by atoms with van der Waals surface area (Å²) in [5, 5.41) is 0.615. The van der Waals surface area contributed by atoms with Crippen molar-refractivity contribution in [1.82, 2.24) is 4.98 Å². The molecule has 1 aromatic heterocycles. The van der Waals surface area contributed by atoms with Crippen molar-refractivity contribution in [2.45, 2.75) is 33.6 Å². The number of Topliss-reactive ketones (excluding diaryl/α,β-unsaturated/α-hetero) is 1. The van der Waals surface area contributed by atoms with E-state index >= 15 is 0 Å². The van der Waals surface area contributed by atoms with Crippen molar-refractivity contribution in [3.8, 4) is 16.9 Å². The summed E-state index contributed by atoms with van der Waals surface area (Å²) in [5.74, 6) is 0.0762. The van der Waals surface area contributed by atoms with Crippen LogP contribution in [0, 0.1) is 12.3 Å². The van der Waals surface area contributed by atoms with E-state index in [4.69, 9.17) is 27.9 Å². The lowest BCUT2D eigenvalue weighted by molar-refractivity contribution is 0.0908. The molecule has 1 aliphatic rings. The lowest BCUT2D eigenvalue weighted by Crippen LogP contribution is -2.29. The SMILES string of the molecule is COC(=O)Oc1c(C)nc2c(c1-c1cccc(Cl)c1Cl)C(=O)CC(C)(C)C2. The number of hydrogen-bond acceptors (Lipinski definition) is 5. The number of aryl methyl sites for hydroxylation is 1. The number of methoxy groups -OCH3 is 1. The first-order chi connectivity index (χ1) is 12.6. The van der Waals surface area contributed by atoms with Crippen molar-refractivity contribution in [2.24, 2.45) is 5.41 Å². The molecule has 3 rings (SSSR count). The number of rotatable bonds is 2. The van der Waals surface area contributed by atoms with Gasteiger partial charge in [0.15, 0.2) is 11.5 Å². The molecular formula is C20H19Cl2NO4. The molecule has 0 atom stereocenters. The highest BCUT2D eigenvalue weighted by Crippen LogP contribution is 2.46. The summed E-state index contributed by atoms with van der Waals surface area (Å²) >= 11 is 12.6. The summed E-state index contributed by atoms with van der Waals surface area (Å²) < 4.78 is 9.99. The zero-order valence-corrected chi connectivity index (χ0v) is 17.0. The largest absolute Gasteiger partial charge is 0.513 e. The van der Waals surface area contributed by atoms with Crippen LogP contribution in [0.15, 0.2) is 18.2 Å². The Hall–Kier alpha value is -2.11. The Bertz CT molecular complexity index is 953.